The van der Waals surface area contributed by atoms with Crippen molar-refractivity contribution < 1.29 is 9.47 Å². The van der Waals surface area contributed by atoms with Gasteiger partial charge in [-0.05, 0) is 40.5 Å². The maximum absolute atomic E-state index is 8.98. The Labute approximate surface area is 125 Å². The van der Waals surface area contributed by atoms with Gasteiger partial charge in [0.2, 0.25) is 5.88 Å². The maximum atomic E-state index is 8.98. The first-order valence-electron chi connectivity index (χ1n) is 5.72. The Balaban J connectivity index is 2.40. The van der Waals surface area contributed by atoms with Gasteiger partial charge in [0.1, 0.15) is 11.5 Å². The van der Waals surface area contributed by atoms with Crippen molar-refractivity contribution in [1.82, 2.24) is 4.98 Å². The first-order chi connectivity index (χ1) is 9.55. The fraction of sp³-hybridized carbons (Fsp3) is 0.143. The van der Waals surface area contributed by atoms with Crippen molar-refractivity contribution in [3.63, 3.8) is 0 Å². The van der Waals surface area contributed by atoms with E-state index < -0.39 is 0 Å². The van der Waals surface area contributed by atoms with E-state index in [1.165, 1.54) is 13.3 Å². The van der Waals surface area contributed by atoms with Crippen LogP contribution in [0.5, 0.6) is 17.4 Å². The molecular weight excluding hydrogens is 322 g/mol. The van der Waals surface area contributed by atoms with Crippen molar-refractivity contribution >= 4 is 21.6 Å². The van der Waals surface area contributed by atoms with Gasteiger partial charge in [-0.2, -0.15) is 5.26 Å². The summed E-state index contributed by atoms with van der Waals surface area (Å²) in [5.74, 6) is 1.40. The number of nitrogens with two attached hydrogens (primary N) is 1. The molecule has 0 radical (unpaired) electrons. The molecule has 0 atom stereocenters. The monoisotopic (exact) mass is 333 g/mol. The number of nitriles is 1. The third-order valence-electron chi connectivity index (χ3n) is 2.73. The average Bonchev–Trinajstić information content (AvgIpc) is 2.47. The van der Waals surface area contributed by atoms with E-state index in [0.29, 0.717) is 33.1 Å². The average molecular weight is 334 g/mol. The highest BCUT2D eigenvalue weighted by Crippen LogP contribution is 2.34. The van der Waals surface area contributed by atoms with Gasteiger partial charge in [0, 0.05) is 6.07 Å². The fourth-order valence-corrected chi connectivity index (χ4v) is 1.98. The molecule has 102 valence electrons. The number of anilines is 1. The van der Waals surface area contributed by atoms with E-state index in [0.717, 1.165) is 5.56 Å². The maximum Gasteiger partial charge on any atom is 0.234 e. The van der Waals surface area contributed by atoms with Gasteiger partial charge < -0.3 is 15.2 Å². The lowest BCUT2D eigenvalue weighted by Crippen LogP contribution is -1.97. The van der Waals surface area contributed by atoms with E-state index in [-0.39, 0.29) is 0 Å². The normalized spacial score (nSPS) is 9.90. The lowest BCUT2D eigenvalue weighted by Gasteiger charge is -2.11. The van der Waals surface area contributed by atoms with Crippen molar-refractivity contribution in [2.45, 2.75) is 6.92 Å². The molecule has 0 saturated carbocycles. The Morgan fingerprint density at radius 1 is 1.30 bits per heavy atom. The summed E-state index contributed by atoms with van der Waals surface area (Å²) in [5.41, 5.74) is 7.63. The molecule has 0 saturated heterocycles. The molecule has 0 aliphatic carbocycles. The van der Waals surface area contributed by atoms with Crippen LogP contribution in [0.25, 0.3) is 0 Å². The van der Waals surface area contributed by atoms with E-state index in [1.807, 2.05) is 6.92 Å². The standard InChI is InChI=1S/C14H12BrN3O2/c1-8-12(17)7-18-14(13(8)15)20-11-4-9(6-16)3-10(5-11)19-2/h3-5,7H,17H2,1-2H3. The van der Waals surface area contributed by atoms with Gasteiger partial charge in [-0.1, -0.05) is 0 Å². The minimum atomic E-state index is 0.383. The smallest absolute Gasteiger partial charge is 0.234 e. The van der Waals surface area contributed by atoms with Crippen LogP contribution in [0, 0.1) is 18.3 Å². The number of pyridine rings is 1. The lowest BCUT2D eigenvalue weighted by atomic mass is 10.2. The number of methoxy groups -OCH3 is 1. The molecular formula is C14H12BrN3O2. The molecule has 0 amide bonds. The first kappa shape index (κ1) is 14.2. The van der Waals surface area contributed by atoms with Gasteiger partial charge >= 0.3 is 0 Å². The van der Waals surface area contributed by atoms with Crippen LogP contribution in [0.2, 0.25) is 0 Å². The number of halogens is 1. The zero-order chi connectivity index (χ0) is 14.7. The van der Waals surface area contributed by atoms with Crippen molar-refractivity contribution in [2.24, 2.45) is 0 Å². The predicted molar refractivity (Wildman–Crippen MR) is 78.9 cm³/mol. The molecule has 5 nitrogen and oxygen atoms in total. The fourth-order valence-electron chi connectivity index (χ4n) is 1.56. The molecule has 2 N–H and O–H groups in total. The van der Waals surface area contributed by atoms with Crippen molar-refractivity contribution in [2.75, 3.05) is 12.8 Å². The number of nitrogens with zero attached hydrogens (tertiary/aromatic N) is 2. The highest BCUT2D eigenvalue weighted by Gasteiger charge is 2.11. The zero-order valence-electron chi connectivity index (χ0n) is 11.0. The highest BCUT2D eigenvalue weighted by atomic mass is 79.9. The molecule has 0 aliphatic rings. The number of hydrogen-bond acceptors (Lipinski definition) is 5. The number of benzene rings is 1. The molecule has 0 bridgehead atoms. The molecule has 1 aromatic heterocycles. The molecule has 0 fully saturated rings. The lowest BCUT2D eigenvalue weighted by molar-refractivity contribution is 0.407. The third kappa shape index (κ3) is 2.83. The van der Waals surface area contributed by atoms with Crippen LogP contribution in [0.1, 0.15) is 11.1 Å². The number of rotatable bonds is 3. The van der Waals surface area contributed by atoms with E-state index in [2.05, 4.69) is 27.0 Å². The van der Waals surface area contributed by atoms with E-state index >= 15 is 0 Å². The molecule has 2 aromatic rings. The van der Waals surface area contributed by atoms with Gasteiger partial charge in [-0.3, -0.25) is 0 Å². The minimum absolute atomic E-state index is 0.383. The summed E-state index contributed by atoms with van der Waals surface area (Å²) in [7, 11) is 1.53. The molecule has 6 heteroatoms. The summed E-state index contributed by atoms with van der Waals surface area (Å²) in [6.45, 7) is 1.86. The Hall–Kier alpha value is -2.26. The van der Waals surface area contributed by atoms with Crippen LogP contribution in [0.4, 0.5) is 5.69 Å². The van der Waals surface area contributed by atoms with E-state index in [9.17, 15) is 0 Å². The van der Waals surface area contributed by atoms with E-state index in [4.69, 9.17) is 20.5 Å². The Morgan fingerprint density at radius 2 is 2.00 bits per heavy atom. The zero-order valence-corrected chi connectivity index (χ0v) is 12.6. The van der Waals surface area contributed by atoms with Gasteiger partial charge in [-0.25, -0.2) is 4.98 Å². The molecule has 2 rings (SSSR count). The second-order valence-corrected chi connectivity index (χ2v) is 4.86. The second kappa shape index (κ2) is 5.80. The van der Waals surface area contributed by atoms with Gasteiger partial charge in [0.25, 0.3) is 0 Å². The summed E-state index contributed by atoms with van der Waals surface area (Å²) in [6.07, 6.45) is 1.53. The topological polar surface area (TPSA) is 81.2 Å². The second-order valence-electron chi connectivity index (χ2n) is 4.07. The van der Waals surface area contributed by atoms with Crippen LogP contribution < -0.4 is 15.2 Å². The highest BCUT2D eigenvalue weighted by molar-refractivity contribution is 9.10. The van der Waals surface area contributed by atoms with Crippen LogP contribution in [-0.4, -0.2) is 12.1 Å². The Kier molecular flexibility index (Phi) is 4.11. The van der Waals surface area contributed by atoms with Crippen molar-refractivity contribution in [3.05, 3.63) is 40.0 Å². The SMILES string of the molecule is COc1cc(C#N)cc(Oc2ncc(N)c(C)c2Br)c1. The summed E-state index contributed by atoms with van der Waals surface area (Å²) >= 11 is 3.40. The molecule has 1 heterocycles. The summed E-state index contributed by atoms with van der Waals surface area (Å²) in [4.78, 5) is 4.13. The quantitative estimate of drug-likeness (QED) is 0.930. The van der Waals surface area contributed by atoms with Gasteiger partial charge in [0.15, 0.2) is 0 Å². The van der Waals surface area contributed by atoms with Gasteiger partial charge in [-0.15, -0.1) is 0 Å². The van der Waals surface area contributed by atoms with Crippen LogP contribution in [0.15, 0.2) is 28.9 Å². The molecule has 0 aliphatic heterocycles. The predicted octanol–water partition coefficient (Wildman–Crippen LogP) is 3.41. The molecule has 1 aromatic carbocycles. The minimum Gasteiger partial charge on any atom is -0.497 e. The van der Waals surface area contributed by atoms with Gasteiger partial charge in [0.05, 0.1) is 35.1 Å². The van der Waals surface area contributed by atoms with E-state index in [1.54, 1.807) is 18.2 Å². The molecule has 20 heavy (non-hydrogen) atoms. The summed E-state index contributed by atoms with van der Waals surface area (Å²) < 4.78 is 11.5. The first-order valence-corrected chi connectivity index (χ1v) is 6.52. The molecule has 0 spiro atoms. The van der Waals surface area contributed by atoms with Crippen molar-refractivity contribution in [3.8, 4) is 23.4 Å². The van der Waals surface area contributed by atoms with Crippen LogP contribution >= 0.6 is 15.9 Å². The summed E-state index contributed by atoms with van der Waals surface area (Å²) in [5, 5.41) is 8.98. The van der Waals surface area contributed by atoms with Crippen LogP contribution in [0.3, 0.4) is 0 Å². The number of aromatic nitrogens is 1. The summed E-state index contributed by atoms with van der Waals surface area (Å²) in [6, 6.07) is 6.97. The number of ether oxygens (including phenoxy) is 2. The number of nitrogen functional groups attached to an aromatic ring is 1. The third-order valence-corrected chi connectivity index (χ3v) is 3.66. The largest absolute Gasteiger partial charge is 0.497 e. The number of hydrogen-bond donors (Lipinski definition) is 1. The Bertz CT molecular complexity index is 696. The van der Waals surface area contributed by atoms with Crippen LogP contribution in [-0.2, 0) is 0 Å². The Morgan fingerprint density at radius 3 is 2.65 bits per heavy atom. The van der Waals surface area contributed by atoms with Crippen molar-refractivity contribution in [1.29, 1.82) is 5.26 Å². The molecule has 0 unspecified atom stereocenters.